The Morgan fingerprint density at radius 1 is 1.11 bits per heavy atom. The average Bonchev–Trinajstić information content (AvgIpc) is 2.90. The summed E-state index contributed by atoms with van der Waals surface area (Å²) in [6.45, 7) is 4.28. The zero-order valence-electron chi connectivity index (χ0n) is 15.2. The Morgan fingerprint density at radius 3 is 2.41 bits per heavy atom. The maximum Gasteiger partial charge on any atom is 0.319 e. The monoisotopic (exact) mass is 403 g/mol. The number of carbonyl (C=O) groups excluding carboxylic acids is 1. The minimum absolute atomic E-state index is 0.299. The van der Waals surface area contributed by atoms with Crippen LogP contribution in [0.25, 0.3) is 11.1 Å². The van der Waals surface area contributed by atoms with Crippen LogP contribution in [0.3, 0.4) is 0 Å². The second kappa shape index (κ2) is 7.98. The Balaban J connectivity index is 1.65. The van der Waals surface area contributed by atoms with Crippen molar-refractivity contribution in [1.29, 1.82) is 0 Å². The third-order valence-electron chi connectivity index (χ3n) is 4.02. The van der Waals surface area contributed by atoms with Crippen LogP contribution in [0.5, 0.6) is 0 Å². The SMILES string of the molecule is Cc1cc(CNC(=O)Nc2cc(Cl)cc(Cl)c2)ncc1-c1cn(C)nc1C. The lowest BCUT2D eigenvalue weighted by Gasteiger charge is -2.10. The largest absolute Gasteiger partial charge is 0.332 e. The lowest BCUT2D eigenvalue weighted by Crippen LogP contribution is -2.28. The lowest BCUT2D eigenvalue weighted by molar-refractivity contribution is 0.251. The van der Waals surface area contributed by atoms with Crippen molar-refractivity contribution in [2.24, 2.45) is 7.05 Å². The number of nitrogens with one attached hydrogen (secondary N) is 2. The summed E-state index contributed by atoms with van der Waals surface area (Å²) >= 11 is 11.9. The Labute approximate surface area is 167 Å². The van der Waals surface area contributed by atoms with Crippen LogP contribution in [-0.4, -0.2) is 20.8 Å². The number of hydrogen-bond donors (Lipinski definition) is 2. The minimum atomic E-state index is -0.361. The molecule has 0 atom stereocenters. The molecule has 0 aliphatic carbocycles. The molecule has 2 aromatic heterocycles. The third-order valence-corrected chi connectivity index (χ3v) is 4.46. The van der Waals surface area contributed by atoms with E-state index in [-0.39, 0.29) is 6.03 Å². The molecule has 1 aromatic carbocycles. The topological polar surface area (TPSA) is 71.8 Å². The van der Waals surface area contributed by atoms with Crippen LogP contribution in [-0.2, 0) is 13.6 Å². The van der Waals surface area contributed by atoms with Crippen LogP contribution in [0.1, 0.15) is 17.0 Å². The minimum Gasteiger partial charge on any atom is -0.332 e. The molecule has 6 nitrogen and oxygen atoms in total. The van der Waals surface area contributed by atoms with Gasteiger partial charge in [0.05, 0.1) is 17.9 Å². The molecule has 2 amide bonds. The van der Waals surface area contributed by atoms with Crippen molar-refractivity contribution >= 4 is 34.9 Å². The van der Waals surface area contributed by atoms with Crippen molar-refractivity contribution < 1.29 is 4.79 Å². The zero-order chi connectivity index (χ0) is 19.6. The maximum absolute atomic E-state index is 12.1. The van der Waals surface area contributed by atoms with E-state index >= 15 is 0 Å². The Morgan fingerprint density at radius 2 is 1.81 bits per heavy atom. The first-order valence-electron chi connectivity index (χ1n) is 8.29. The number of nitrogens with zero attached hydrogens (tertiary/aromatic N) is 3. The molecule has 8 heteroatoms. The van der Waals surface area contributed by atoms with Gasteiger partial charge in [0.15, 0.2) is 0 Å². The van der Waals surface area contributed by atoms with E-state index in [0.717, 1.165) is 28.1 Å². The summed E-state index contributed by atoms with van der Waals surface area (Å²) in [5.74, 6) is 0. The molecule has 0 saturated heterocycles. The number of benzene rings is 1. The van der Waals surface area contributed by atoms with Crippen molar-refractivity contribution in [3.05, 3.63) is 63.7 Å². The third kappa shape index (κ3) is 4.78. The summed E-state index contributed by atoms with van der Waals surface area (Å²) in [4.78, 5) is 16.5. The molecular formula is C19H19Cl2N5O. The van der Waals surface area contributed by atoms with Gasteiger partial charge in [-0.2, -0.15) is 5.10 Å². The van der Waals surface area contributed by atoms with E-state index in [9.17, 15) is 4.79 Å². The molecule has 0 aliphatic rings. The van der Waals surface area contributed by atoms with Crippen LogP contribution in [0.15, 0.2) is 36.7 Å². The molecule has 0 bridgehead atoms. The quantitative estimate of drug-likeness (QED) is 0.661. The molecule has 0 fully saturated rings. The molecule has 140 valence electrons. The van der Waals surface area contributed by atoms with E-state index in [2.05, 4.69) is 20.7 Å². The summed E-state index contributed by atoms with van der Waals surface area (Å²) in [6, 6.07) is 6.45. The summed E-state index contributed by atoms with van der Waals surface area (Å²) < 4.78 is 1.78. The van der Waals surface area contributed by atoms with Crippen molar-refractivity contribution in [2.75, 3.05) is 5.32 Å². The fraction of sp³-hybridized carbons (Fsp3) is 0.211. The number of anilines is 1. The number of carbonyl (C=O) groups is 1. The van der Waals surface area contributed by atoms with Gasteiger partial charge in [-0.05, 0) is 43.7 Å². The highest BCUT2D eigenvalue weighted by Crippen LogP contribution is 2.25. The first kappa shape index (κ1) is 19.2. The normalized spacial score (nSPS) is 10.7. The van der Waals surface area contributed by atoms with Crippen LogP contribution >= 0.6 is 23.2 Å². The van der Waals surface area contributed by atoms with E-state index in [0.29, 0.717) is 22.3 Å². The molecule has 0 saturated carbocycles. The van der Waals surface area contributed by atoms with Gasteiger partial charge in [0, 0.05) is 46.3 Å². The van der Waals surface area contributed by atoms with Gasteiger partial charge in [-0.1, -0.05) is 23.2 Å². The van der Waals surface area contributed by atoms with Crippen molar-refractivity contribution in [3.8, 4) is 11.1 Å². The average molecular weight is 404 g/mol. The lowest BCUT2D eigenvalue weighted by atomic mass is 10.0. The molecule has 27 heavy (non-hydrogen) atoms. The van der Waals surface area contributed by atoms with Gasteiger partial charge < -0.3 is 10.6 Å². The molecule has 0 radical (unpaired) electrons. The first-order chi connectivity index (χ1) is 12.8. The molecule has 3 rings (SSSR count). The zero-order valence-corrected chi connectivity index (χ0v) is 16.7. The van der Waals surface area contributed by atoms with Crippen LogP contribution < -0.4 is 10.6 Å². The summed E-state index contributed by atoms with van der Waals surface area (Å²) in [5.41, 5.74) is 5.39. The fourth-order valence-corrected chi connectivity index (χ4v) is 3.36. The molecule has 3 aromatic rings. The molecule has 2 heterocycles. The molecule has 2 N–H and O–H groups in total. The van der Waals surface area contributed by atoms with Gasteiger partial charge in [0.1, 0.15) is 0 Å². The second-order valence-electron chi connectivity index (χ2n) is 6.26. The summed E-state index contributed by atoms with van der Waals surface area (Å²) in [7, 11) is 1.89. The summed E-state index contributed by atoms with van der Waals surface area (Å²) in [5, 5.41) is 10.7. The fourth-order valence-electron chi connectivity index (χ4n) is 2.83. The van der Waals surface area contributed by atoms with E-state index in [4.69, 9.17) is 23.2 Å². The number of pyridine rings is 1. The number of aromatic nitrogens is 3. The smallest absolute Gasteiger partial charge is 0.319 e. The molecule has 0 spiro atoms. The predicted octanol–water partition coefficient (Wildman–Crippen LogP) is 4.73. The van der Waals surface area contributed by atoms with Gasteiger partial charge in [-0.25, -0.2) is 4.79 Å². The molecule has 0 unspecified atom stereocenters. The van der Waals surface area contributed by atoms with E-state index in [1.807, 2.05) is 39.4 Å². The van der Waals surface area contributed by atoms with Gasteiger partial charge in [-0.3, -0.25) is 9.67 Å². The molecular weight excluding hydrogens is 385 g/mol. The summed E-state index contributed by atoms with van der Waals surface area (Å²) in [6.07, 6.45) is 3.78. The number of rotatable bonds is 4. The van der Waals surface area contributed by atoms with Crippen LogP contribution in [0.2, 0.25) is 10.0 Å². The van der Waals surface area contributed by atoms with Gasteiger partial charge in [0.2, 0.25) is 0 Å². The first-order valence-corrected chi connectivity index (χ1v) is 9.04. The highest BCUT2D eigenvalue weighted by Gasteiger charge is 2.11. The number of aryl methyl sites for hydroxylation is 3. The standard InChI is InChI=1S/C19H19Cl2N5O/c1-11-4-16(22-9-17(11)18-10-26(3)25-12(18)2)8-23-19(27)24-15-6-13(20)5-14(21)7-15/h4-7,9-10H,8H2,1-3H3,(H2,23,24,27). The van der Waals surface area contributed by atoms with Crippen molar-refractivity contribution in [2.45, 2.75) is 20.4 Å². The number of amides is 2. The maximum atomic E-state index is 12.1. The van der Waals surface area contributed by atoms with E-state index in [1.165, 1.54) is 0 Å². The number of urea groups is 1. The highest BCUT2D eigenvalue weighted by molar-refractivity contribution is 6.35. The Bertz CT molecular complexity index is 980. The molecule has 0 aliphatic heterocycles. The van der Waals surface area contributed by atoms with Crippen molar-refractivity contribution in [3.63, 3.8) is 0 Å². The predicted molar refractivity (Wildman–Crippen MR) is 108 cm³/mol. The van der Waals surface area contributed by atoms with Crippen LogP contribution in [0, 0.1) is 13.8 Å². The Hall–Kier alpha value is -2.57. The van der Waals surface area contributed by atoms with Crippen molar-refractivity contribution in [1.82, 2.24) is 20.1 Å². The van der Waals surface area contributed by atoms with Gasteiger partial charge >= 0.3 is 6.03 Å². The Kier molecular flexibility index (Phi) is 5.68. The number of hydrogen-bond acceptors (Lipinski definition) is 3. The van der Waals surface area contributed by atoms with Gasteiger partial charge in [-0.15, -0.1) is 0 Å². The van der Waals surface area contributed by atoms with E-state index in [1.54, 1.807) is 22.9 Å². The second-order valence-corrected chi connectivity index (χ2v) is 7.13. The highest BCUT2D eigenvalue weighted by atomic mass is 35.5. The van der Waals surface area contributed by atoms with Gasteiger partial charge in [0.25, 0.3) is 0 Å². The van der Waals surface area contributed by atoms with E-state index < -0.39 is 0 Å². The van der Waals surface area contributed by atoms with Crippen LogP contribution in [0.4, 0.5) is 10.5 Å². The number of halogens is 2.